The molecule has 0 bridgehead atoms. The highest BCUT2D eigenvalue weighted by Crippen LogP contribution is 2.21. The molecule has 1 N–H and O–H groups in total. The van der Waals surface area contributed by atoms with Crippen LogP contribution in [-0.2, 0) is 9.84 Å². The quantitative estimate of drug-likeness (QED) is 0.814. The van der Waals surface area contributed by atoms with Crippen LogP contribution in [0.4, 0.5) is 0 Å². The van der Waals surface area contributed by atoms with Crippen LogP contribution in [0.1, 0.15) is 18.5 Å². The van der Waals surface area contributed by atoms with Crippen molar-refractivity contribution >= 4 is 21.2 Å². The Balaban J connectivity index is 2.21. The van der Waals surface area contributed by atoms with E-state index >= 15 is 0 Å². The standard InChI is InChI=1S/C10H15NO2S2/c1-8-4-11-10(7-15(12,13)6-8)9-2-3-14-5-9/h2-3,5,8,10-11H,4,6-7H2,1H3. The minimum atomic E-state index is -2.90. The molecule has 2 rings (SSSR count). The van der Waals surface area contributed by atoms with Gasteiger partial charge in [-0.1, -0.05) is 6.92 Å². The first-order valence-corrected chi connectivity index (χ1v) is 7.79. The van der Waals surface area contributed by atoms with Gasteiger partial charge in [-0.3, -0.25) is 0 Å². The Kier molecular flexibility index (Phi) is 3.13. The van der Waals surface area contributed by atoms with Crippen molar-refractivity contribution in [1.82, 2.24) is 5.32 Å². The third-order valence-corrected chi connectivity index (χ3v) is 5.24. The van der Waals surface area contributed by atoms with Gasteiger partial charge in [0.05, 0.1) is 11.5 Å². The van der Waals surface area contributed by atoms with E-state index in [0.29, 0.717) is 5.75 Å². The van der Waals surface area contributed by atoms with Gasteiger partial charge in [-0.15, -0.1) is 0 Å². The molecule has 2 unspecified atom stereocenters. The van der Waals surface area contributed by atoms with Crippen molar-refractivity contribution in [3.8, 4) is 0 Å². The van der Waals surface area contributed by atoms with Gasteiger partial charge >= 0.3 is 0 Å². The summed E-state index contributed by atoms with van der Waals surface area (Å²) in [5.41, 5.74) is 1.10. The van der Waals surface area contributed by atoms with Crippen LogP contribution in [0.25, 0.3) is 0 Å². The van der Waals surface area contributed by atoms with Crippen LogP contribution in [0.15, 0.2) is 16.8 Å². The number of rotatable bonds is 1. The zero-order valence-electron chi connectivity index (χ0n) is 8.64. The summed E-state index contributed by atoms with van der Waals surface area (Å²) in [4.78, 5) is 0. The normalized spacial score (nSPS) is 31.0. The highest BCUT2D eigenvalue weighted by molar-refractivity contribution is 7.91. The van der Waals surface area contributed by atoms with Gasteiger partial charge in [-0.2, -0.15) is 11.3 Å². The first-order chi connectivity index (χ1) is 7.07. The molecule has 0 aliphatic carbocycles. The molecule has 15 heavy (non-hydrogen) atoms. The Hall–Kier alpha value is -0.390. The van der Waals surface area contributed by atoms with Crippen molar-refractivity contribution in [2.45, 2.75) is 13.0 Å². The summed E-state index contributed by atoms with van der Waals surface area (Å²) in [6, 6.07) is 1.97. The fourth-order valence-corrected chi connectivity index (χ4v) is 4.56. The number of hydrogen-bond acceptors (Lipinski definition) is 4. The largest absolute Gasteiger partial charge is 0.309 e. The van der Waals surface area contributed by atoms with Crippen molar-refractivity contribution in [2.24, 2.45) is 5.92 Å². The molecule has 0 spiro atoms. The Morgan fingerprint density at radius 1 is 1.47 bits per heavy atom. The summed E-state index contributed by atoms with van der Waals surface area (Å²) >= 11 is 1.61. The smallest absolute Gasteiger partial charge is 0.152 e. The zero-order chi connectivity index (χ0) is 10.9. The SMILES string of the molecule is CC1CNC(c2ccsc2)CS(=O)(=O)C1. The molecule has 5 heteroatoms. The van der Waals surface area contributed by atoms with Crippen molar-refractivity contribution in [2.75, 3.05) is 18.1 Å². The second-order valence-corrected chi connectivity index (χ2v) is 7.13. The lowest BCUT2D eigenvalue weighted by Gasteiger charge is -2.13. The average Bonchev–Trinajstić information content (AvgIpc) is 2.59. The maximum atomic E-state index is 11.7. The lowest BCUT2D eigenvalue weighted by atomic mass is 10.1. The Bertz CT molecular complexity index is 411. The number of hydrogen-bond donors (Lipinski definition) is 1. The predicted molar refractivity (Wildman–Crippen MR) is 62.9 cm³/mol. The van der Waals surface area contributed by atoms with Gasteiger partial charge < -0.3 is 5.32 Å². The van der Waals surface area contributed by atoms with Crippen molar-refractivity contribution in [1.29, 1.82) is 0 Å². The molecule has 0 aromatic carbocycles. The van der Waals surface area contributed by atoms with E-state index in [1.165, 1.54) is 0 Å². The summed E-state index contributed by atoms with van der Waals surface area (Å²) in [6.07, 6.45) is 0. The fourth-order valence-electron chi connectivity index (χ4n) is 1.90. The number of sulfone groups is 1. The van der Waals surface area contributed by atoms with Gasteiger partial charge in [0.25, 0.3) is 0 Å². The average molecular weight is 245 g/mol. The molecule has 1 aromatic rings. The third-order valence-electron chi connectivity index (χ3n) is 2.62. The maximum absolute atomic E-state index is 11.7. The maximum Gasteiger partial charge on any atom is 0.152 e. The summed E-state index contributed by atoms with van der Waals surface area (Å²) < 4.78 is 23.5. The van der Waals surface area contributed by atoms with Crippen molar-refractivity contribution in [3.05, 3.63) is 22.4 Å². The Morgan fingerprint density at radius 3 is 2.93 bits per heavy atom. The van der Waals surface area contributed by atoms with Crippen LogP contribution in [0.5, 0.6) is 0 Å². The van der Waals surface area contributed by atoms with Gasteiger partial charge in [0, 0.05) is 6.04 Å². The van der Waals surface area contributed by atoms with E-state index in [0.717, 1.165) is 12.1 Å². The molecule has 2 heterocycles. The first kappa shape index (κ1) is 11.1. The van der Waals surface area contributed by atoms with Crippen LogP contribution in [0.3, 0.4) is 0 Å². The second-order valence-electron chi connectivity index (χ2n) is 4.20. The molecule has 0 amide bonds. The van der Waals surface area contributed by atoms with E-state index in [4.69, 9.17) is 0 Å². The molecule has 1 saturated heterocycles. The van der Waals surface area contributed by atoms with Gasteiger partial charge in [0.1, 0.15) is 0 Å². The molecular weight excluding hydrogens is 230 g/mol. The molecule has 2 atom stereocenters. The van der Waals surface area contributed by atoms with Crippen molar-refractivity contribution < 1.29 is 8.42 Å². The summed E-state index contributed by atoms with van der Waals surface area (Å²) in [5, 5.41) is 7.32. The predicted octanol–water partition coefficient (Wildman–Crippen LogP) is 1.44. The zero-order valence-corrected chi connectivity index (χ0v) is 10.3. The third kappa shape index (κ3) is 2.80. The lowest BCUT2D eigenvalue weighted by molar-refractivity contribution is 0.518. The molecule has 0 saturated carbocycles. The Labute approximate surface area is 94.4 Å². The van der Waals surface area contributed by atoms with Gasteiger partial charge in [-0.05, 0) is 34.9 Å². The molecule has 3 nitrogen and oxygen atoms in total. The minimum absolute atomic E-state index is 0.0220. The van der Waals surface area contributed by atoms with Crippen LogP contribution in [-0.4, -0.2) is 26.5 Å². The van der Waals surface area contributed by atoms with E-state index in [9.17, 15) is 8.42 Å². The fraction of sp³-hybridized carbons (Fsp3) is 0.600. The molecule has 84 valence electrons. The first-order valence-electron chi connectivity index (χ1n) is 5.03. The molecule has 1 aliphatic heterocycles. The van der Waals surface area contributed by atoms with Gasteiger partial charge in [0.2, 0.25) is 0 Å². The van der Waals surface area contributed by atoms with Gasteiger partial charge in [0.15, 0.2) is 9.84 Å². The number of nitrogens with one attached hydrogen (secondary N) is 1. The van der Waals surface area contributed by atoms with Gasteiger partial charge in [-0.25, -0.2) is 8.42 Å². The van der Waals surface area contributed by atoms with E-state index in [-0.39, 0.29) is 17.7 Å². The van der Waals surface area contributed by atoms with Crippen molar-refractivity contribution in [3.63, 3.8) is 0 Å². The minimum Gasteiger partial charge on any atom is -0.309 e. The van der Waals surface area contributed by atoms with E-state index in [1.54, 1.807) is 11.3 Å². The molecule has 0 radical (unpaired) electrons. The molecule has 1 aromatic heterocycles. The molecular formula is C10H15NO2S2. The highest BCUT2D eigenvalue weighted by Gasteiger charge is 2.27. The topological polar surface area (TPSA) is 46.2 Å². The second kappa shape index (κ2) is 4.23. The van der Waals surface area contributed by atoms with Crippen LogP contribution < -0.4 is 5.32 Å². The Morgan fingerprint density at radius 2 is 2.27 bits per heavy atom. The van der Waals surface area contributed by atoms with Crippen LogP contribution in [0, 0.1) is 5.92 Å². The van der Waals surface area contributed by atoms with E-state index in [2.05, 4.69) is 5.32 Å². The summed E-state index contributed by atoms with van der Waals surface area (Å²) in [6.45, 7) is 2.75. The molecule has 1 fully saturated rings. The summed E-state index contributed by atoms with van der Waals surface area (Å²) in [7, 11) is -2.90. The van der Waals surface area contributed by atoms with Crippen LogP contribution in [0.2, 0.25) is 0 Å². The highest BCUT2D eigenvalue weighted by atomic mass is 32.2. The summed E-state index contributed by atoms with van der Waals surface area (Å²) in [5.74, 6) is 0.743. The molecule has 1 aliphatic rings. The van der Waals surface area contributed by atoms with Crippen LogP contribution >= 0.6 is 11.3 Å². The van der Waals surface area contributed by atoms with E-state index in [1.807, 2.05) is 23.8 Å². The monoisotopic (exact) mass is 245 g/mol. The number of thiophene rings is 1. The lowest BCUT2D eigenvalue weighted by Crippen LogP contribution is -2.25. The van der Waals surface area contributed by atoms with E-state index < -0.39 is 9.84 Å².